The zero-order valence-corrected chi connectivity index (χ0v) is 6.37. The number of nitrogens with two attached hydrogens (primary N) is 2. The van der Waals surface area contributed by atoms with Crippen LogP contribution in [0.1, 0.15) is 6.92 Å². The Bertz CT molecular complexity index is 187. The summed E-state index contributed by atoms with van der Waals surface area (Å²) < 4.78 is 0. The topological polar surface area (TPSA) is 110 Å². The Morgan fingerprint density at radius 3 is 2.00 bits per heavy atom. The van der Waals surface area contributed by atoms with Gasteiger partial charge in [0.15, 0.2) is 0 Å². The first-order valence-corrected chi connectivity index (χ1v) is 2.85. The average Bonchev–Trinajstić information content (AvgIpc) is 1.85. The highest BCUT2D eigenvalue weighted by molar-refractivity contribution is 6.06. The number of primary amides is 1. The number of hydrogen-bond acceptors (Lipinski definition) is 4. The highest BCUT2D eigenvalue weighted by Gasteiger charge is 2.38. The van der Waals surface area contributed by atoms with Crippen molar-refractivity contribution < 1.29 is 14.7 Å². The van der Waals surface area contributed by atoms with Gasteiger partial charge >= 0.3 is 0 Å². The summed E-state index contributed by atoms with van der Waals surface area (Å²) in [5.41, 5.74) is 2.50. The zero-order chi connectivity index (χ0) is 9.23. The van der Waals surface area contributed by atoms with E-state index in [4.69, 9.17) is 16.7 Å². The minimum atomic E-state index is -2.22. The van der Waals surface area contributed by atoms with E-state index in [2.05, 4.69) is 0 Å². The van der Waals surface area contributed by atoms with Crippen molar-refractivity contribution in [1.82, 2.24) is 5.01 Å². The molecule has 6 heteroatoms. The standard InChI is InChI=1S/C5H11N3O3/c1-5(11,3(6)9)4(10)8(2)7/h11H,7H2,1-2H3,(H2,6,9). The second-order valence-corrected chi connectivity index (χ2v) is 2.35. The maximum absolute atomic E-state index is 10.9. The molecular formula is C5H11N3O3. The molecule has 5 N–H and O–H groups in total. The summed E-state index contributed by atoms with van der Waals surface area (Å²) in [6, 6.07) is 0. The second kappa shape index (κ2) is 2.85. The molecule has 0 aromatic heterocycles. The number of rotatable bonds is 2. The monoisotopic (exact) mass is 161 g/mol. The molecule has 6 nitrogen and oxygen atoms in total. The first-order valence-electron chi connectivity index (χ1n) is 2.85. The van der Waals surface area contributed by atoms with Crippen molar-refractivity contribution >= 4 is 11.8 Å². The lowest BCUT2D eigenvalue weighted by Crippen LogP contribution is -2.55. The van der Waals surface area contributed by atoms with Gasteiger partial charge in [0.2, 0.25) is 5.60 Å². The third-order valence-corrected chi connectivity index (χ3v) is 1.22. The third kappa shape index (κ3) is 1.89. The molecule has 0 aromatic carbocycles. The fourth-order valence-electron chi connectivity index (χ4n) is 0.449. The Hall–Kier alpha value is -1.14. The molecule has 0 rings (SSSR count). The van der Waals surface area contributed by atoms with E-state index in [1.165, 1.54) is 7.05 Å². The fourth-order valence-corrected chi connectivity index (χ4v) is 0.449. The van der Waals surface area contributed by atoms with E-state index >= 15 is 0 Å². The summed E-state index contributed by atoms with van der Waals surface area (Å²) >= 11 is 0. The normalized spacial score (nSPS) is 15.3. The van der Waals surface area contributed by atoms with Crippen LogP contribution >= 0.6 is 0 Å². The van der Waals surface area contributed by atoms with E-state index in [-0.39, 0.29) is 0 Å². The maximum Gasteiger partial charge on any atom is 0.277 e. The van der Waals surface area contributed by atoms with Gasteiger partial charge in [-0.2, -0.15) is 0 Å². The van der Waals surface area contributed by atoms with Gasteiger partial charge in [0.05, 0.1) is 0 Å². The van der Waals surface area contributed by atoms with E-state index in [1.807, 2.05) is 0 Å². The van der Waals surface area contributed by atoms with E-state index in [9.17, 15) is 9.59 Å². The lowest BCUT2D eigenvalue weighted by molar-refractivity contribution is -0.156. The third-order valence-electron chi connectivity index (χ3n) is 1.22. The van der Waals surface area contributed by atoms with Crippen LogP contribution in [0.2, 0.25) is 0 Å². The zero-order valence-electron chi connectivity index (χ0n) is 6.37. The molecule has 1 unspecified atom stereocenters. The molecule has 0 fully saturated rings. The van der Waals surface area contributed by atoms with Gasteiger partial charge < -0.3 is 10.8 Å². The molecule has 0 aromatic rings. The van der Waals surface area contributed by atoms with Crippen molar-refractivity contribution in [3.63, 3.8) is 0 Å². The van der Waals surface area contributed by atoms with Gasteiger partial charge in [0.25, 0.3) is 11.8 Å². The van der Waals surface area contributed by atoms with Crippen molar-refractivity contribution in [3.8, 4) is 0 Å². The summed E-state index contributed by atoms with van der Waals surface area (Å²) in [5, 5.41) is 9.69. The first kappa shape index (κ1) is 9.86. The number of carbonyl (C=O) groups is 2. The molecule has 64 valence electrons. The van der Waals surface area contributed by atoms with Crippen molar-refractivity contribution in [3.05, 3.63) is 0 Å². The highest BCUT2D eigenvalue weighted by atomic mass is 16.3. The van der Waals surface area contributed by atoms with Gasteiger partial charge in [0.1, 0.15) is 0 Å². The van der Waals surface area contributed by atoms with E-state index in [1.54, 1.807) is 0 Å². The minimum absolute atomic E-state index is 0.602. The quantitative estimate of drug-likeness (QED) is 0.181. The van der Waals surface area contributed by atoms with Crippen molar-refractivity contribution in [2.75, 3.05) is 7.05 Å². The van der Waals surface area contributed by atoms with Crippen LogP contribution in [0.25, 0.3) is 0 Å². The molecular weight excluding hydrogens is 150 g/mol. The molecule has 0 aliphatic rings. The van der Waals surface area contributed by atoms with Gasteiger partial charge in [-0.25, -0.2) is 5.84 Å². The Kier molecular flexibility index (Phi) is 2.55. The summed E-state index contributed by atoms with van der Waals surface area (Å²) in [5.74, 6) is 2.91. The van der Waals surface area contributed by atoms with Crippen LogP contribution in [0.15, 0.2) is 0 Å². The Labute approximate surface area is 63.7 Å². The van der Waals surface area contributed by atoms with Crippen LogP contribution in [0.3, 0.4) is 0 Å². The second-order valence-electron chi connectivity index (χ2n) is 2.35. The smallest absolute Gasteiger partial charge is 0.277 e. The Balaban J connectivity index is 4.56. The van der Waals surface area contributed by atoms with Gasteiger partial charge in [0, 0.05) is 7.05 Å². The van der Waals surface area contributed by atoms with Crippen LogP contribution in [-0.4, -0.2) is 34.6 Å². The lowest BCUT2D eigenvalue weighted by atomic mass is 10.1. The van der Waals surface area contributed by atoms with E-state index in [0.717, 1.165) is 6.92 Å². The van der Waals surface area contributed by atoms with Crippen molar-refractivity contribution in [2.24, 2.45) is 11.6 Å². The van der Waals surface area contributed by atoms with Crippen molar-refractivity contribution in [1.29, 1.82) is 0 Å². The van der Waals surface area contributed by atoms with Gasteiger partial charge in [-0.3, -0.25) is 14.6 Å². The average molecular weight is 161 g/mol. The number of aliphatic hydroxyl groups is 1. The Morgan fingerprint density at radius 2 is 1.91 bits per heavy atom. The number of carbonyl (C=O) groups excluding carboxylic acids is 2. The molecule has 0 heterocycles. The van der Waals surface area contributed by atoms with E-state index < -0.39 is 17.4 Å². The molecule has 0 spiro atoms. The summed E-state index contributed by atoms with van der Waals surface area (Å²) in [6.07, 6.45) is 0. The van der Waals surface area contributed by atoms with Crippen LogP contribution in [0.5, 0.6) is 0 Å². The van der Waals surface area contributed by atoms with Gasteiger partial charge in [-0.1, -0.05) is 0 Å². The van der Waals surface area contributed by atoms with Gasteiger partial charge in [-0.05, 0) is 6.92 Å². The minimum Gasteiger partial charge on any atom is -0.372 e. The molecule has 0 aliphatic heterocycles. The van der Waals surface area contributed by atoms with Gasteiger partial charge in [-0.15, -0.1) is 0 Å². The molecule has 2 amide bonds. The number of amides is 2. The first-order chi connectivity index (χ1) is 4.80. The number of hydrogen-bond donors (Lipinski definition) is 3. The molecule has 0 aliphatic carbocycles. The summed E-state index contributed by atoms with van der Waals surface area (Å²) in [7, 11) is 1.21. The predicted molar refractivity (Wildman–Crippen MR) is 36.8 cm³/mol. The molecule has 0 bridgehead atoms. The van der Waals surface area contributed by atoms with Crippen LogP contribution in [-0.2, 0) is 9.59 Å². The lowest BCUT2D eigenvalue weighted by Gasteiger charge is -2.21. The summed E-state index contributed by atoms with van der Waals surface area (Å²) in [4.78, 5) is 21.3. The SMILES string of the molecule is CN(N)C(=O)C(C)(O)C(N)=O. The molecule has 11 heavy (non-hydrogen) atoms. The highest BCUT2D eigenvalue weighted by Crippen LogP contribution is 2.03. The maximum atomic E-state index is 10.9. The predicted octanol–water partition coefficient (Wildman–Crippen LogP) is -2.45. The number of nitrogens with zero attached hydrogens (tertiary/aromatic N) is 1. The van der Waals surface area contributed by atoms with Crippen LogP contribution < -0.4 is 11.6 Å². The molecule has 1 atom stereocenters. The molecule has 0 saturated carbocycles. The number of likely N-dealkylation sites (N-methyl/N-ethyl adjacent to an activating group) is 1. The van der Waals surface area contributed by atoms with Crippen LogP contribution in [0.4, 0.5) is 0 Å². The van der Waals surface area contributed by atoms with E-state index in [0.29, 0.717) is 5.01 Å². The fraction of sp³-hybridized carbons (Fsp3) is 0.600. The number of hydrazine groups is 1. The molecule has 0 saturated heterocycles. The van der Waals surface area contributed by atoms with Crippen LogP contribution in [0, 0.1) is 0 Å². The molecule has 0 radical (unpaired) electrons. The largest absolute Gasteiger partial charge is 0.372 e. The summed E-state index contributed by atoms with van der Waals surface area (Å²) in [6.45, 7) is 0.987. The van der Waals surface area contributed by atoms with Crippen molar-refractivity contribution in [2.45, 2.75) is 12.5 Å². The Morgan fingerprint density at radius 1 is 1.55 bits per heavy atom.